The van der Waals surface area contributed by atoms with Gasteiger partial charge >= 0.3 is 11.7 Å². The highest BCUT2D eigenvalue weighted by Crippen LogP contribution is 2.35. The molecule has 1 aliphatic rings. The first-order valence-electron chi connectivity index (χ1n) is 10.8. The number of benzene rings is 1. The van der Waals surface area contributed by atoms with Crippen molar-refractivity contribution in [2.45, 2.75) is 32.7 Å². The molecule has 0 aliphatic carbocycles. The monoisotopic (exact) mass is 458 g/mol. The number of hydrogen-bond donors (Lipinski definition) is 1. The molecule has 0 saturated carbocycles. The highest BCUT2D eigenvalue weighted by Gasteiger charge is 2.33. The normalized spacial score (nSPS) is 16.6. The molecule has 1 aromatic carbocycles. The Bertz CT molecular complexity index is 1320. The summed E-state index contributed by atoms with van der Waals surface area (Å²) in [6, 6.07) is 7.30. The largest absolute Gasteiger partial charge is 0.477 e. The van der Waals surface area contributed by atoms with Crippen LogP contribution in [0.5, 0.6) is 0 Å². The number of rotatable bonds is 5. The van der Waals surface area contributed by atoms with Gasteiger partial charge < -0.3 is 14.6 Å². The van der Waals surface area contributed by atoms with Gasteiger partial charge in [-0.2, -0.15) is 0 Å². The van der Waals surface area contributed by atoms with Gasteiger partial charge in [-0.05, 0) is 30.4 Å². The molecule has 170 valence electrons. The lowest BCUT2D eigenvalue weighted by atomic mass is 9.95. The van der Waals surface area contributed by atoms with E-state index in [9.17, 15) is 19.5 Å². The first-order chi connectivity index (χ1) is 15.3. The summed E-state index contributed by atoms with van der Waals surface area (Å²) >= 11 is 6.42. The van der Waals surface area contributed by atoms with Crippen molar-refractivity contribution in [1.82, 2.24) is 13.7 Å². The standard InChI is InChI=1S/C23H27ClN4O4/c1-4-14-8-7-11-27(12-14)20-17(22(30)31)18-19(21(29)26(3)23(32)25(18)2)28(20)13-15-9-5-6-10-16(15)24/h5-6,9-10,14H,4,7-8,11-13H2,1-3H3,(H,30,31)/t14-/m1/s1. The molecule has 4 rings (SSSR count). The Kier molecular flexibility index (Phi) is 5.90. The quantitative estimate of drug-likeness (QED) is 0.634. The Morgan fingerprint density at radius 2 is 1.88 bits per heavy atom. The third-order valence-electron chi connectivity index (χ3n) is 6.52. The summed E-state index contributed by atoms with van der Waals surface area (Å²) in [5.41, 5.74) is 0.0154. The summed E-state index contributed by atoms with van der Waals surface area (Å²) in [5, 5.41) is 10.8. The molecule has 0 radical (unpaired) electrons. The van der Waals surface area contributed by atoms with Gasteiger partial charge in [0.1, 0.15) is 16.9 Å². The highest BCUT2D eigenvalue weighted by atomic mass is 35.5. The van der Waals surface area contributed by atoms with Crippen LogP contribution in [0.2, 0.25) is 5.02 Å². The van der Waals surface area contributed by atoms with Gasteiger partial charge in [-0.15, -0.1) is 0 Å². The summed E-state index contributed by atoms with van der Waals surface area (Å²) in [5.74, 6) is -0.266. The molecule has 0 amide bonds. The van der Waals surface area contributed by atoms with Gasteiger partial charge in [0.2, 0.25) is 0 Å². The number of carboxylic acids is 1. The zero-order chi connectivity index (χ0) is 23.2. The number of hydrogen-bond acceptors (Lipinski definition) is 4. The number of aromatic carboxylic acids is 1. The first kappa shape index (κ1) is 22.2. The van der Waals surface area contributed by atoms with E-state index in [4.69, 9.17) is 11.6 Å². The minimum atomic E-state index is -1.16. The highest BCUT2D eigenvalue weighted by molar-refractivity contribution is 6.31. The number of carboxylic acid groups (broad SMARTS) is 1. The Balaban J connectivity index is 2.10. The third-order valence-corrected chi connectivity index (χ3v) is 6.89. The fourth-order valence-corrected chi connectivity index (χ4v) is 4.97. The fourth-order valence-electron chi connectivity index (χ4n) is 4.77. The van der Waals surface area contributed by atoms with Gasteiger partial charge in [-0.25, -0.2) is 9.59 Å². The number of nitrogens with zero attached hydrogens (tertiary/aromatic N) is 4. The maximum Gasteiger partial charge on any atom is 0.341 e. The second kappa shape index (κ2) is 8.50. The number of aromatic nitrogens is 3. The minimum absolute atomic E-state index is 0.0129. The van der Waals surface area contributed by atoms with E-state index in [0.29, 0.717) is 29.8 Å². The predicted octanol–water partition coefficient (Wildman–Crippen LogP) is 3.07. The van der Waals surface area contributed by atoms with Crippen molar-refractivity contribution in [2.75, 3.05) is 18.0 Å². The smallest absolute Gasteiger partial charge is 0.341 e. The molecule has 1 saturated heterocycles. The Hall–Kier alpha value is -3.00. The van der Waals surface area contributed by atoms with E-state index in [1.54, 1.807) is 10.6 Å². The Labute approximate surface area is 190 Å². The molecule has 0 unspecified atom stereocenters. The summed E-state index contributed by atoms with van der Waals surface area (Å²) in [6.45, 7) is 3.73. The van der Waals surface area contributed by atoms with Crippen LogP contribution in [-0.2, 0) is 20.6 Å². The molecule has 3 heterocycles. The van der Waals surface area contributed by atoms with E-state index in [2.05, 4.69) is 11.8 Å². The van der Waals surface area contributed by atoms with Crippen molar-refractivity contribution in [2.24, 2.45) is 20.0 Å². The van der Waals surface area contributed by atoms with Crippen LogP contribution in [0, 0.1) is 5.92 Å². The average Bonchev–Trinajstić information content (AvgIpc) is 3.13. The van der Waals surface area contributed by atoms with Crippen molar-refractivity contribution < 1.29 is 9.90 Å². The summed E-state index contributed by atoms with van der Waals surface area (Å²) in [4.78, 5) is 40.5. The number of fused-ring (bicyclic) bond motifs is 1. The topological polar surface area (TPSA) is 89.5 Å². The van der Waals surface area contributed by atoms with E-state index < -0.39 is 17.2 Å². The third kappa shape index (κ3) is 3.52. The Morgan fingerprint density at radius 1 is 1.16 bits per heavy atom. The molecule has 32 heavy (non-hydrogen) atoms. The van der Waals surface area contributed by atoms with Gasteiger partial charge in [-0.1, -0.05) is 43.1 Å². The van der Waals surface area contributed by atoms with E-state index in [1.807, 2.05) is 18.2 Å². The number of anilines is 1. The molecule has 1 fully saturated rings. The number of piperidine rings is 1. The van der Waals surface area contributed by atoms with E-state index >= 15 is 0 Å². The van der Waals surface area contributed by atoms with E-state index in [-0.39, 0.29) is 23.1 Å². The number of halogens is 1. The van der Waals surface area contributed by atoms with Crippen LogP contribution >= 0.6 is 11.6 Å². The van der Waals surface area contributed by atoms with Crippen molar-refractivity contribution >= 4 is 34.4 Å². The summed E-state index contributed by atoms with van der Waals surface area (Å²) < 4.78 is 4.01. The second-order valence-electron chi connectivity index (χ2n) is 8.45. The molecule has 1 N–H and O–H groups in total. The molecule has 2 aromatic heterocycles. The molecule has 9 heteroatoms. The van der Waals surface area contributed by atoms with Crippen LogP contribution in [0.3, 0.4) is 0 Å². The first-order valence-corrected chi connectivity index (χ1v) is 11.2. The predicted molar refractivity (Wildman–Crippen MR) is 125 cm³/mol. The van der Waals surface area contributed by atoms with Gasteiger partial charge in [0, 0.05) is 32.2 Å². The van der Waals surface area contributed by atoms with Crippen LogP contribution in [0.15, 0.2) is 33.9 Å². The molecule has 8 nitrogen and oxygen atoms in total. The average molecular weight is 459 g/mol. The molecular weight excluding hydrogens is 432 g/mol. The lowest BCUT2D eigenvalue weighted by Gasteiger charge is -2.35. The lowest BCUT2D eigenvalue weighted by molar-refractivity contribution is 0.0699. The van der Waals surface area contributed by atoms with Crippen molar-refractivity contribution in [1.29, 1.82) is 0 Å². The van der Waals surface area contributed by atoms with Crippen LogP contribution in [0.1, 0.15) is 42.1 Å². The number of aryl methyl sites for hydroxylation is 1. The van der Waals surface area contributed by atoms with Gasteiger partial charge in [0.15, 0.2) is 0 Å². The van der Waals surface area contributed by atoms with Crippen LogP contribution in [-0.4, -0.2) is 37.9 Å². The second-order valence-corrected chi connectivity index (χ2v) is 8.85. The zero-order valence-electron chi connectivity index (χ0n) is 18.5. The SMILES string of the molecule is CC[C@@H]1CCCN(c2c(C(=O)O)c3c(c(=O)n(C)c(=O)n3C)n2Cc2ccccc2Cl)C1. The van der Waals surface area contributed by atoms with Gasteiger partial charge in [0.05, 0.1) is 12.1 Å². The van der Waals surface area contributed by atoms with E-state index in [0.717, 1.165) is 29.4 Å². The van der Waals surface area contributed by atoms with Gasteiger partial charge in [-0.3, -0.25) is 13.9 Å². The fraction of sp³-hybridized carbons (Fsp3) is 0.435. The molecule has 0 spiro atoms. The number of carbonyl (C=O) groups is 1. The summed E-state index contributed by atoms with van der Waals surface area (Å²) in [6.07, 6.45) is 3.01. The Morgan fingerprint density at radius 3 is 2.53 bits per heavy atom. The lowest BCUT2D eigenvalue weighted by Crippen LogP contribution is -2.38. The maximum absolute atomic E-state index is 13.3. The zero-order valence-corrected chi connectivity index (χ0v) is 19.2. The van der Waals surface area contributed by atoms with E-state index in [1.165, 1.54) is 18.7 Å². The van der Waals surface area contributed by atoms with Crippen molar-refractivity contribution in [3.63, 3.8) is 0 Å². The molecular formula is C23H27ClN4O4. The minimum Gasteiger partial charge on any atom is -0.477 e. The van der Waals surface area contributed by atoms with Crippen LogP contribution < -0.4 is 16.1 Å². The van der Waals surface area contributed by atoms with Crippen LogP contribution in [0.25, 0.3) is 11.0 Å². The van der Waals surface area contributed by atoms with Crippen molar-refractivity contribution in [3.05, 3.63) is 61.3 Å². The van der Waals surface area contributed by atoms with Crippen molar-refractivity contribution in [3.8, 4) is 0 Å². The molecule has 3 aromatic rings. The molecule has 1 atom stereocenters. The summed E-state index contributed by atoms with van der Waals surface area (Å²) in [7, 11) is 2.91. The molecule has 0 bridgehead atoms. The van der Waals surface area contributed by atoms with Crippen LogP contribution in [0.4, 0.5) is 5.82 Å². The maximum atomic E-state index is 13.3. The molecule has 1 aliphatic heterocycles. The van der Waals surface area contributed by atoms with Gasteiger partial charge in [0.25, 0.3) is 5.56 Å².